The molecule has 2 aromatic rings. The second-order valence-corrected chi connectivity index (χ2v) is 6.56. The van der Waals surface area contributed by atoms with Crippen LogP contribution in [-0.2, 0) is 4.79 Å². The highest BCUT2D eigenvalue weighted by molar-refractivity contribution is 6.30. The molecule has 0 aromatic heterocycles. The molecule has 132 valence electrons. The van der Waals surface area contributed by atoms with Gasteiger partial charge in [-0.1, -0.05) is 11.6 Å². The van der Waals surface area contributed by atoms with E-state index in [9.17, 15) is 4.79 Å². The smallest absolute Gasteiger partial charge is 0.262 e. The van der Waals surface area contributed by atoms with Crippen LogP contribution in [0.15, 0.2) is 48.5 Å². The number of halogens is 1. The summed E-state index contributed by atoms with van der Waals surface area (Å²) >= 11 is 5.82. The van der Waals surface area contributed by atoms with Crippen LogP contribution in [0, 0.1) is 0 Å². The third kappa shape index (κ3) is 5.11. The van der Waals surface area contributed by atoms with Gasteiger partial charge in [0.15, 0.2) is 6.61 Å². The number of likely N-dealkylation sites (N-methyl/N-ethyl adjacent to an activating group) is 1. The van der Waals surface area contributed by atoms with E-state index in [4.69, 9.17) is 16.3 Å². The van der Waals surface area contributed by atoms with E-state index in [1.807, 2.05) is 24.3 Å². The van der Waals surface area contributed by atoms with Gasteiger partial charge in [0, 0.05) is 42.6 Å². The van der Waals surface area contributed by atoms with Crippen LogP contribution < -0.4 is 15.0 Å². The van der Waals surface area contributed by atoms with Crippen LogP contribution in [0.1, 0.15) is 0 Å². The highest BCUT2D eigenvalue weighted by Gasteiger charge is 2.14. The van der Waals surface area contributed by atoms with Gasteiger partial charge >= 0.3 is 0 Å². The maximum absolute atomic E-state index is 12.0. The molecule has 0 spiro atoms. The van der Waals surface area contributed by atoms with Crippen LogP contribution >= 0.6 is 11.6 Å². The van der Waals surface area contributed by atoms with Gasteiger partial charge in [0.05, 0.1) is 0 Å². The molecule has 0 radical (unpaired) electrons. The Morgan fingerprint density at radius 1 is 1.04 bits per heavy atom. The SMILES string of the molecule is CN1CCN(c2ccc(NC(=O)COc3ccc(Cl)cc3)cc2)CC1. The summed E-state index contributed by atoms with van der Waals surface area (Å²) < 4.78 is 5.44. The predicted molar refractivity (Wildman–Crippen MR) is 102 cm³/mol. The molecule has 0 saturated carbocycles. The van der Waals surface area contributed by atoms with E-state index in [-0.39, 0.29) is 12.5 Å². The molecular weight excluding hydrogens is 338 g/mol. The fourth-order valence-electron chi connectivity index (χ4n) is 2.70. The normalized spacial score (nSPS) is 15.0. The van der Waals surface area contributed by atoms with Gasteiger partial charge in [0.2, 0.25) is 0 Å². The Bertz CT molecular complexity index is 696. The third-order valence-corrected chi connectivity index (χ3v) is 4.46. The van der Waals surface area contributed by atoms with Gasteiger partial charge in [-0.3, -0.25) is 4.79 Å². The van der Waals surface area contributed by atoms with Gasteiger partial charge in [-0.05, 0) is 55.6 Å². The molecule has 1 amide bonds. The zero-order valence-corrected chi connectivity index (χ0v) is 15.0. The number of hydrogen-bond acceptors (Lipinski definition) is 4. The number of nitrogens with zero attached hydrogens (tertiary/aromatic N) is 2. The molecule has 2 aromatic carbocycles. The average molecular weight is 360 g/mol. The van der Waals surface area contributed by atoms with Crippen molar-refractivity contribution in [1.29, 1.82) is 0 Å². The minimum atomic E-state index is -0.192. The van der Waals surface area contributed by atoms with Gasteiger partial charge in [-0.2, -0.15) is 0 Å². The number of nitrogens with one attached hydrogen (secondary N) is 1. The number of benzene rings is 2. The Hall–Kier alpha value is -2.24. The van der Waals surface area contributed by atoms with Crippen molar-refractivity contribution in [3.8, 4) is 5.75 Å². The molecule has 0 bridgehead atoms. The molecule has 3 rings (SSSR count). The Balaban J connectivity index is 1.49. The Kier molecular flexibility index (Phi) is 5.79. The summed E-state index contributed by atoms with van der Waals surface area (Å²) in [4.78, 5) is 16.7. The van der Waals surface area contributed by atoms with E-state index in [0.29, 0.717) is 10.8 Å². The minimum Gasteiger partial charge on any atom is -0.484 e. The van der Waals surface area contributed by atoms with E-state index in [1.54, 1.807) is 24.3 Å². The molecule has 1 heterocycles. The van der Waals surface area contributed by atoms with E-state index in [1.165, 1.54) is 5.69 Å². The second-order valence-electron chi connectivity index (χ2n) is 6.13. The van der Waals surface area contributed by atoms with Crippen molar-refractivity contribution in [1.82, 2.24) is 4.90 Å². The van der Waals surface area contributed by atoms with Crippen LogP contribution in [0.25, 0.3) is 0 Å². The highest BCUT2D eigenvalue weighted by atomic mass is 35.5. The standard InChI is InChI=1S/C19H22ClN3O2/c1-22-10-12-23(13-11-22)17-6-4-16(5-7-17)21-19(24)14-25-18-8-2-15(20)3-9-18/h2-9H,10-14H2,1H3,(H,21,24). The number of piperazine rings is 1. The molecule has 0 unspecified atom stereocenters. The maximum Gasteiger partial charge on any atom is 0.262 e. The number of ether oxygens (including phenoxy) is 1. The number of carbonyl (C=O) groups excluding carboxylic acids is 1. The van der Waals surface area contributed by atoms with E-state index in [0.717, 1.165) is 31.9 Å². The third-order valence-electron chi connectivity index (χ3n) is 4.20. The first-order valence-electron chi connectivity index (χ1n) is 8.32. The molecule has 0 aliphatic carbocycles. The molecule has 1 fully saturated rings. The van der Waals surface area contributed by atoms with Crippen molar-refractivity contribution in [2.45, 2.75) is 0 Å². The summed E-state index contributed by atoms with van der Waals surface area (Å²) in [7, 11) is 2.14. The summed E-state index contributed by atoms with van der Waals surface area (Å²) in [5, 5.41) is 3.48. The largest absolute Gasteiger partial charge is 0.484 e. The van der Waals surface area contributed by atoms with Crippen molar-refractivity contribution >= 4 is 28.9 Å². The van der Waals surface area contributed by atoms with Crippen molar-refractivity contribution in [3.63, 3.8) is 0 Å². The van der Waals surface area contributed by atoms with Gasteiger partial charge in [-0.25, -0.2) is 0 Å². The van der Waals surface area contributed by atoms with E-state index in [2.05, 4.69) is 22.2 Å². The summed E-state index contributed by atoms with van der Waals surface area (Å²) in [6.07, 6.45) is 0. The topological polar surface area (TPSA) is 44.8 Å². The molecule has 6 heteroatoms. The number of hydrogen-bond donors (Lipinski definition) is 1. The average Bonchev–Trinajstić information content (AvgIpc) is 2.63. The predicted octanol–water partition coefficient (Wildman–Crippen LogP) is 3.11. The number of amides is 1. The monoisotopic (exact) mass is 359 g/mol. The second kappa shape index (κ2) is 8.23. The summed E-state index contributed by atoms with van der Waals surface area (Å²) in [5.41, 5.74) is 1.95. The molecule has 0 atom stereocenters. The highest BCUT2D eigenvalue weighted by Crippen LogP contribution is 2.19. The lowest BCUT2D eigenvalue weighted by molar-refractivity contribution is -0.118. The lowest BCUT2D eigenvalue weighted by Gasteiger charge is -2.34. The minimum absolute atomic E-state index is 0.0398. The van der Waals surface area contributed by atoms with Crippen LogP contribution in [-0.4, -0.2) is 50.6 Å². The van der Waals surface area contributed by atoms with Crippen LogP contribution in [0.5, 0.6) is 5.75 Å². The fourth-order valence-corrected chi connectivity index (χ4v) is 2.82. The molecule has 1 aliphatic rings. The molecule has 5 nitrogen and oxygen atoms in total. The van der Waals surface area contributed by atoms with Crippen LogP contribution in [0.4, 0.5) is 11.4 Å². The van der Waals surface area contributed by atoms with Crippen molar-refractivity contribution in [2.75, 3.05) is 50.1 Å². The first-order chi connectivity index (χ1) is 12.1. The number of anilines is 2. The molecule has 25 heavy (non-hydrogen) atoms. The maximum atomic E-state index is 12.0. The molecule has 1 saturated heterocycles. The van der Waals surface area contributed by atoms with Crippen molar-refractivity contribution in [3.05, 3.63) is 53.6 Å². The van der Waals surface area contributed by atoms with Gasteiger partial charge in [0.25, 0.3) is 5.91 Å². The molecule has 1 N–H and O–H groups in total. The lowest BCUT2D eigenvalue weighted by atomic mass is 10.2. The summed E-state index contributed by atoms with van der Waals surface area (Å²) in [6.45, 7) is 4.15. The van der Waals surface area contributed by atoms with Crippen LogP contribution in [0.3, 0.4) is 0 Å². The Morgan fingerprint density at radius 3 is 2.32 bits per heavy atom. The van der Waals surface area contributed by atoms with Crippen molar-refractivity contribution < 1.29 is 9.53 Å². The quantitative estimate of drug-likeness (QED) is 0.891. The summed E-state index contributed by atoms with van der Waals surface area (Å²) in [6, 6.07) is 14.9. The Labute approximate surface area is 153 Å². The number of rotatable bonds is 5. The molecular formula is C19H22ClN3O2. The lowest BCUT2D eigenvalue weighted by Crippen LogP contribution is -2.44. The van der Waals surface area contributed by atoms with E-state index < -0.39 is 0 Å². The zero-order valence-electron chi connectivity index (χ0n) is 14.2. The number of carbonyl (C=O) groups is 1. The van der Waals surface area contributed by atoms with Gasteiger partial charge in [-0.15, -0.1) is 0 Å². The van der Waals surface area contributed by atoms with E-state index >= 15 is 0 Å². The Morgan fingerprint density at radius 2 is 1.68 bits per heavy atom. The van der Waals surface area contributed by atoms with Crippen molar-refractivity contribution in [2.24, 2.45) is 0 Å². The molecule has 1 aliphatic heterocycles. The van der Waals surface area contributed by atoms with Gasteiger partial charge in [0.1, 0.15) is 5.75 Å². The fraction of sp³-hybridized carbons (Fsp3) is 0.316. The van der Waals surface area contributed by atoms with Gasteiger partial charge < -0.3 is 19.9 Å². The first kappa shape index (κ1) is 17.6. The zero-order chi connectivity index (χ0) is 17.6. The van der Waals surface area contributed by atoms with Crippen LogP contribution in [0.2, 0.25) is 5.02 Å². The summed E-state index contributed by atoms with van der Waals surface area (Å²) in [5.74, 6) is 0.423. The first-order valence-corrected chi connectivity index (χ1v) is 8.70.